The van der Waals surface area contributed by atoms with Crippen LogP contribution < -0.4 is 15.8 Å². The van der Waals surface area contributed by atoms with Crippen LogP contribution in [-0.2, 0) is 4.74 Å². The fourth-order valence-electron chi connectivity index (χ4n) is 3.34. The molecule has 1 atom stereocenters. The molecule has 2 aliphatic rings. The van der Waals surface area contributed by atoms with E-state index in [2.05, 4.69) is 15.2 Å². The van der Waals surface area contributed by atoms with Crippen LogP contribution in [0.2, 0.25) is 0 Å². The zero-order chi connectivity index (χ0) is 19.0. The smallest absolute Gasteiger partial charge is 0.257 e. The van der Waals surface area contributed by atoms with Crippen molar-refractivity contribution in [2.75, 3.05) is 50.6 Å². The third-order valence-corrected chi connectivity index (χ3v) is 4.81. The van der Waals surface area contributed by atoms with Crippen molar-refractivity contribution in [3.63, 3.8) is 0 Å². The molecular weight excluding hydrogens is 344 g/mol. The summed E-state index contributed by atoms with van der Waals surface area (Å²) in [6, 6.07) is 9.65. The molecule has 27 heavy (non-hydrogen) atoms. The third-order valence-electron chi connectivity index (χ3n) is 4.81. The van der Waals surface area contributed by atoms with Gasteiger partial charge in [-0.2, -0.15) is 0 Å². The molecule has 1 aromatic heterocycles. The highest BCUT2D eigenvalue weighted by molar-refractivity contribution is 5.93. The molecule has 142 valence electrons. The predicted molar refractivity (Wildman–Crippen MR) is 106 cm³/mol. The van der Waals surface area contributed by atoms with Gasteiger partial charge in [-0.3, -0.25) is 14.7 Å². The summed E-state index contributed by atoms with van der Waals surface area (Å²) in [6.07, 6.45) is -0.448. The summed E-state index contributed by atoms with van der Waals surface area (Å²) < 4.78 is 7.06. The first-order valence-electron chi connectivity index (χ1n) is 9.08. The van der Waals surface area contributed by atoms with Gasteiger partial charge in [-0.25, -0.2) is 9.98 Å². The summed E-state index contributed by atoms with van der Waals surface area (Å²) in [5.74, 6) is 1.26. The SMILES string of the molecule is Cc1cc(=O)n2c(n1)NC(N1CCOCC1)=N[C@H]2c1ccc(N(C)C)cc1. The Morgan fingerprint density at radius 2 is 1.89 bits per heavy atom. The molecule has 2 aromatic rings. The van der Waals surface area contributed by atoms with E-state index in [4.69, 9.17) is 9.73 Å². The van der Waals surface area contributed by atoms with Crippen LogP contribution in [0.3, 0.4) is 0 Å². The van der Waals surface area contributed by atoms with E-state index in [-0.39, 0.29) is 5.56 Å². The highest BCUT2D eigenvalue weighted by Crippen LogP contribution is 2.27. The Kier molecular flexibility index (Phi) is 4.57. The summed E-state index contributed by atoms with van der Waals surface area (Å²) in [5, 5.41) is 3.24. The van der Waals surface area contributed by atoms with Gasteiger partial charge in [-0.15, -0.1) is 0 Å². The van der Waals surface area contributed by atoms with Gasteiger partial charge < -0.3 is 14.5 Å². The van der Waals surface area contributed by atoms with Crippen molar-refractivity contribution in [1.29, 1.82) is 0 Å². The molecule has 1 aromatic carbocycles. The Morgan fingerprint density at radius 3 is 2.56 bits per heavy atom. The number of morpholine rings is 1. The van der Waals surface area contributed by atoms with Crippen molar-refractivity contribution in [3.8, 4) is 0 Å². The molecule has 0 aliphatic carbocycles. The molecule has 0 bridgehead atoms. The summed E-state index contributed by atoms with van der Waals surface area (Å²) in [5.41, 5.74) is 2.61. The zero-order valence-electron chi connectivity index (χ0n) is 15.8. The van der Waals surface area contributed by atoms with Crippen LogP contribution in [0.25, 0.3) is 0 Å². The molecular formula is C19H24N6O2. The normalized spacial score (nSPS) is 19.1. The number of nitrogens with one attached hydrogen (secondary N) is 1. The average molecular weight is 368 g/mol. The lowest BCUT2D eigenvalue weighted by Crippen LogP contribution is -2.47. The number of anilines is 2. The van der Waals surface area contributed by atoms with Crippen LogP contribution in [-0.4, -0.2) is 60.8 Å². The van der Waals surface area contributed by atoms with Gasteiger partial charge in [0.15, 0.2) is 6.17 Å². The van der Waals surface area contributed by atoms with Crippen LogP contribution in [0.4, 0.5) is 11.6 Å². The van der Waals surface area contributed by atoms with E-state index >= 15 is 0 Å². The fourth-order valence-corrected chi connectivity index (χ4v) is 3.34. The van der Waals surface area contributed by atoms with Crippen molar-refractivity contribution in [2.24, 2.45) is 4.99 Å². The lowest BCUT2D eigenvalue weighted by atomic mass is 10.1. The Hall–Kier alpha value is -2.87. The van der Waals surface area contributed by atoms with Gasteiger partial charge in [0.05, 0.1) is 13.2 Å². The molecule has 4 rings (SSSR count). The van der Waals surface area contributed by atoms with Gasteiger partial charge in [-0.05, 0) is 24.6 Å². The molecule has 0 amide bonds. The molecule has 1 fully saturated rings. The van der Waals surface area contributed by atoms with E-state index in [9.17, 15) is 4.79 Å². The first-order valence-corrected chi connectivity index (χ1v) is 9.08. The molecule has 0 unspecified atom stereocenters. The Bertz CT molecular complexity index is 913. The van der Waals surface area contributed by atoms with Crippen molar-refractivity contribution in [3.05, 3.63) is 51.9 Å². The average Bonchev–Trinajstić information content (AvgIpc) is 2.67. The van der Waals surface area contributed by atoms with E-state index in [1.165, 1.54) is 0 Å². The standard InChI is InChI=1S/C19H24N6O2/c1-13-12-16(26)25-17(14-4-6-15(7-5-14)23(2)3)21-18(22-19(25)20-13)24-8-10-27-11-9-24/h4-7,12,17H,8-11H2,1-3H3,(H,20,21,22)/t17-/m1/s1. The zero-order valence-corrected chi connectivity index (χ0v) is 15.8. The van der Waals surface area contributed by atoms with E-state index < -0.39 is 6.17 Å². The number of aryl methyl sites for hydroxylation is 1. The van der Waals surface area contributed by atoms with Crippen molar-refractivity contribution in [2.45, 2.75) is 13.1 Å². The minimum atomic E-state index is -0.448. The van der Waals surface area contributed by atoms with Crippen LogP contribution in [0.15, 0.2) is 40.1 Å². The first kappa shape index (κ1) is 17.5. The van der Waals surface area contributed by atoms with Gasteiger partial charge >= 0.3 is 0 Å². The Morgan fingerprint density at radius 1 is 1.19 bits per heavy atom. The van der Waals surface area contributed by atoms with Crippen molar-refractivity contribution >= 4 is 17.6 Å². The fraction of sp³-hybridized carbons (Fsp3) is 0.421. The minimum absolute atomic E-state index is 0.114. The van der Waals surface area contributed by atoms with Crippen LogP contribution in [0.1, 0.15) is 17.4 Å². The van der Waals surface area contributed by atoms with Crippen LogP contribution in [0.5, 0.6) is 0 Å². The highest BCUT2D eigenvalue weighted by atomic mass is 16.5. The van der Waals surface area contributed by atoms with Gasteiger partial charge in [0, 0.05) is 44.6 Å². The molecule has 3 heterocycles. The molecule has 8 nitrogen and oxygen atoms in total. The maximum Gasteiger partial charge on any atom is 0.257 e. The quantitative estimate of drug-likeness (QED) is 0.861. The lowest BCUT2D eigenvalue weighted by Gasteiger charge is -2.34. The number of hydrogen-bond donors (Lipinski definition) is 1. The highest BCUT2D eigenvalue weighted by Gasteiger charge is 2.28. The maximum atomic E-state index is 12.7. The summed E-state index contributed by atoms with van der Waals surface area (Å²) in [7, 11) is 4.00. The molecule has 2 aliphatic heterocycles. The van der Waals surface area contributed by atoms with Crippen LogP contribution in [0, 0.1) is 6.92 Å². The second-order valence-corrected chi connectivity index (χ2v) is 6.97. The maximum absolute atomic E-state index is 12.7. The second kappa shape index (κ2) is 7.03. The van der Waals surface area contributed by atoms with E-state index in [1.54, 1.807) is 10.6 Å². The molecule has 0 spiro atoms. The van der Waals surface area contributed by atoms with Crippen molar-refractivity contribution in [1.82, 2.24) is 14.5 Å². The number of ether oxygens (including phenoxy) is 1. The van der Waals surface area contributed by atoms with Gasteiger partial charge in [-0.1, -0.05) is 12.1 Å². The minimum Gasteiger partial charge on any atom is -0.378 e. The molecule has 0 radical (unpaired) electrons. The van der Waals surface area contributed by atoms with E-state index in [0.717, 1.165) is 30.3 Å². The topological polar surface area (TPSA) is 75.0 Å². The summed E-state index contributed by atoms with van der Waals surface area (Å²) in [4.78, 5) is 26.3. The lowest BCUT2D eigenvalue weighted by molar-refractivity contribution is 0.0675. The van der Waals surface area contributed by atoms with Gasteiger partial charge in [0.1, 0.15) is 0 Å². The second-order valence-electron chi connectivity index (χ2n) is 6.97. The molecule has 1 N–H and O–H groups in total. The molecule has 1 saturated heterocycles. The Balaban J connectivity index is 1.79. The number of aromatic nitrogens is 2. The largest absolute Gasteiger partial charge is 0.378 e. The number of rotatable bonds is 2. The number of nitrogens with zero attached hydrogens (tertiary/aromatic N) is 5. The summed E-state index contributed by atoms with van der Waals surface area (Å²) >= 11 is 0. The molecule has 8 heteroatoms. The number of guanidine groups is 1. The van der Waals surface area contributed by atoms with Gasteiger partial charge in [0.2, 0.25) is 11.9 Å². The number of aliphatic imine (C=N–C) groups is 1. The van der Waals surface area contributed by atoms with E-state index in [0.29, 0.717) is 24.9 Å². The van der Waals surface area contributed by atoms with Crippen LogP contribution >= 0.6 is 0 Å². The Labute approximate surface area is 158 Å². The number of fused-ring (bicyclic) bond motifs is 1. The monoisotopic (exact) mass is 368 g/mol. The number of benzene rings is 1. The number of hydrogen-bond acceptors (Lipinski definition) is 7. The van der Waals surface area contributed by atoms with E-state index in [1.807, 2.05) is 50.2 Å². The predicted octanol–water partition coefficient (Wildman–Crippen LogP) is 1.28. The summed E-state index contributed by atoms with van der Waals surface area (Å²) in [6.45, 7) is 4.67. The molecule has 0 saturated carbocycles. The first-order chi connectivity index (χ1) is 13.0. The van der Waals surface area contributed by atoms with Gasteiger partial charge in [0.25, 0.3) is 5.56 Å². The van der Waals surface area contributed by atoms with Crippen molar-refractivity contribution < 1.29 is 4.74 Å². The third kappa shape index (κ3) is 3.40.